The minimum Gasteiger partial charge on any atom is -0.399 e. The van der Waals surface area contributed by atoms with Crippen molar-refractivity contribution < 1.29 is 0 Å². The summed E-state index contributed by atoms with van der Waals surface area (Å²) in [6.45, 7) is 4.14. The molecule has 0 unspecified atom stereocenters. The van der Waals surface area contributed by atoms with Crippen LogP contribution in [0.25, 0.3) is 10.4 Å². The van der Waals surface area contributed by atoms with Crippen molar-refractivity contribution in [3.63, 3.8) is 0 Å². The Balaban J connectivity index is 2.65. The molecule has 1 heterocycles. The number of hydrogen-bond donors (Lipinski definition) is 1. The van der Waals surface area contributed by atoms with Crippen LogP contribution < -0.4 is 5.73 Å². The predicted molar refractivity (Wildman–Crippen MR) is 68.4 cm³/mol. The van der Waals surface area contributed by atoms with Gasteiger partial charge in [-0.05, 0) is 37.6 Å². The topological polar surface area (TPSA) is 49.8 Å². The van der Waals surface area contributed by atoms with Crippen LogP contribution in [0.4, 0.5) is 5.69 Å². The van der Waals surface area contributed by atoms with E-state index in [1.54, 1.807) is 17.4 Å². The number of hydrogen-bond acceptors (Lipinski definition) is 3. The molecule has 2 N–H and O–H groups in total. The zero-order chi connectivity index (χ0) is 11.7. The van der Waals surface area contributed by atoms with Crippen LogP contribution in [-0.2, 0) is 0 Å². The van der Waals surface area contributed by atoms with E-state index in [0.717, 1.165) is 10.4 Å². The van der Waals surface area contributed by atoms with Crippen LogP contribution in [0.2, 0.25) is 0 Å². The molecule has 0 aliphatic heterocycles. The highest BCUT2D eigenvalue weighted by atomic mass is 32.1. The molecule has 0 aliphatic carbocycles. The Morgan fingerprint density at radius 2 is 2.00 bits per heavy atom. The molecule has 0 saturated heterocycles. The Kier molecular flexibility index (Phi) is 2.67. The Labute approximate surface area is 99.0 Å². The molecule has 0 radical (unpaired) electrons. The van der Waals surface area contributed by atoms with Crippen LogP contribution in [0.1, 0.15) is 16.0 Å². The number of nitrogens with two attached hydrogens (primary N) is 1. The lowest BCUT2D eigenvalue weighted by Crippen LogP contribution is -1.88. The van der Waals surface area contributed by atoms with Crippen LogP contribution >= 0.6 is 11.3 Å². The summed E-state index contributed by atoms with van der Waals surface area (Å²) in [5.41, 5.74) is 9.14. The van der Waals surface area contributed by atoms with Gasteiger partial charge in [-0.3, -0.25) is 0 Å². The summed E-state index contributed by atoms with van der Waals surface area (Å²) < 4.78 is 0. The molecule has 2 nitrogen and oxygen atoms in total. The van der Waals surface area contributed by atoms with Crippen LogP contribution in [0, 0.1) is 25.2 Å². The van der Waals surface area contributed by atoms with Gasteiger partial charge in [0, 0.05) is 21.0 Å². The van der Waals surface area contributed by atoms with E-state index in [4.69, 9.17) is 11.0 Å². The second-order valence-corrected chi connectivity index (χ2v) is 5.04. The fraction of sp³-hybridized carbons (Fsp3) is 0.154. The highest BCUT2D eigenvalue weighted by Gasteiger charge is 2.10. The van der Waals surface area contributed by atoms with Crippen molar-refractivity contribution in [1.82, 2.24) is 0 Å². The van der Waals surface area contributed by atoms with Crippen molar-refractivity contribution in [2.45, 2.75) is 13.8 Å². The summed E-state index contributed by atoms with van der Waals surface area (Å²) in [6.07, 6.45) is 0. The summed E-state index contributed by atoms with van der Waals surface area (Å²) in [6, 6.07) is 9.82. The molecule has 1 aromatic carbocycles. The number of nitrogen functional groups attached to an aromatic ring is 1. The van der Waals surface area contributed by atoms with Gasteiger partial charge in [0.15, 0.2) is 0 Å². The largest absolute Gasteiger partial charge is 0.399 e. The van der Waals surface area contributed by atoms with E-state index < -0.39 is 0 Å². The standard InChI is InChI=1S/C13H12N2S/c1-8-5-9(2)16-13(8)12-4-3-11(15)6-10(12)7-14/h3-6H,15H2,1-2H3. The van der Waals surface area contributed by atoms with Gasteiger partial charge in [0.1, 0.15) is 0 Å². The average molecular weight is 228 g/mol. The Hall–Kier alpha value is -1.79. The second kappa shape index (κ2) is 3.99. The van der Waals surface area contributed by atoms with Crippen molar-refractivity contribution in [1.29, 1.82) is 5.26 Å². The molecule has 3 heteroatoms. The molecule has 80 valence electrons. The van der Waals surface area contributed by atoms with Crippen LogP contribution in [0.15, 0.2) is 24.3 Å². The third-order valence-corrected chi connectivity index (χ3v) is 3.64. The van der Waals surface area contributed by atoms with Crippen molar-refractivity contribution >= 4 is 17.0 Å². The van der Waals surface area contributed by atoms with Crippen LogP contribution in [0.3, 0.4) is 0 Å². The number of anilines is 1. The lowest BCUT2D eigenvalue weighted by molar-refractivity contribution is 1.46. The Morgan fingerprint density at radius 3 is 2.56 bits per heavy atom. The van der Waals surface area contributed by atoms with Gasteiger partial charge >= 0.3 is 0 Å². The van der Waals surface area contributed by atoms with Crippen LogP contribution in [-0.4, -0.2) is 0 Å². The first-order valence-corrected chi connectivity index (χ1v) is 5.80. The molecular formula is C13H12N2S. The van der Waals surface area contributed by atoms with Crippen molar-refractivity contribution in [3.05, 3.63) is 40.3 Å². The van der Waals surface area contributed by atoms with Gasteiger partial charge in [-0.15, -0.1) is 11.3 Å². The first-order chi connectivity index (χ1) is 7.61. The maximum Gasteiger partial charge on any atom is 0.0999 e. The number of benzene rings is 1. The fourth-order valence-corrected chi connectivity index (χ4v) is 2.83. The SMILES string of the molecule is Cc1cc(C)c(-c2ccc(N)cc2C#N)s1. The van der Waals surface area contributed by atoms with Crippen molar-refractivity contribution in [2.75, 3.05) is 5.73 Å². The fourth-order valence-electron chi connectivity index (χ4n) is 1.76. The molecule has 2 aromatic rings. The zero-order valence-corrected chi connectivity index (χ0v) is 10.1. The van der Waals surface area contributed by atoms with Crippen molar-refractivity contribution in [2.24, 2.45) is 0 Å². The van der Waals surface area contributed by atoms with Gasteiger partial charge in [0.25, 0.3) is 0 Å². The van der Waals surface area contributed by atoms with E-state index in [9.17, 15) is 0 Å². The summed E-state index contributed by atoms with van der Waals surface area (Å²) in [7, 11) is 0. The molecular weight excluding hydrogens is 216 g/mol. The van der Waals surface area contributed by atoms with Crippen molar-refractivity contribution in [3.8, 4) is 16.5 Å². The van der Waals surface area contributed by atoms with Gasteiger partial charge in [-0.2, -0.15) is 5.26 Å². The minimum absolute atomic E-state index is 0.631. The summed E-state index contributed by atoms with van der Waals surface area (Å²) in [5.74, 6) is 0. The summed E-state index contributed by atoms with van der Waals surface area (Å²) in [5, 5.41) is 9.10. The number of nitriles is 1. The van der Waals surface area contributed by atoms with E-state index in [0.29, 0.717) is 11.3 Å². The van der Waals surface area contributed by atoms with Gasteiger partial charge < -0.3 is 5.73 Å². The van der Waals surface area contributed by atoms with Gasteiger partial charge in [0.2, 0.25) is 0 Å². The highest BCUT2D eigenvalue weighted by molar-refractivity contribution is 7.15. The Bertz CT molecular complexity index is 576. The number of nitrogens with zero attached hydrogens (tertiary/aromatic N) is 1. The third-order valence-electron chi connectivity index (χ3n) is 2.45. The predicted octanol–water partition coefficient (Wildman–Crippen LogP) is 3.49. The van der Waals surface area contributed by atoms with E-state index >= 15 is 0 Å². The van der Waals surface area contributed by atoms with Gasteiger partial charge in [-0.1, -0.05) is 6.07 Å². The summed E-state index contributed by atoms with van der Waals surface area (Å²) in [4.78, 5) is 2.42. The quantitative estimate of drug-likeness (QED) is 0.759. The molecule has 0 spiro atoms. The molecule has 0 aliphatic rings. The van der Waals surface area contributed by atoms with E-state index in [1.807, 2.05) is 12.1 Å². The molecule has 16 heavy (non-hydrogen) atoms. The van der Waals surface area contributed by atoms with Gasteiger partial charge in [0.05, 0.1) is 11.6 Å². The number of aryl methyl sites for hydroxylation is 2. The highest BCUT2D eigenvalue weighted by Crippen LogP contribution is 2.34. The average Bonchev–Trinajstić information content (AvgIpc) is 2.57. The molecule has 0 amide bonds. The molecule has 0 fully saturated rings. The number of thiophene rings is 1. The lowest BCUT2D eigenvalue weighted by atomic mass is 10.0. The zero-order valence-electron chi connectivity index (χ0n) is 9.24. The molecule has 2 rings (SSSR count). The third kappa shape index (κ3) is 1.80. The number of rotatable bonds is 1. The maximum atomic E-state index is 9.10. The van der Waals surface area contributed by atoms with Gasteiger partial charge in [-0.25, -0.2) is 0 Å². The van der Waals surface area contributed by atoms with E-state index in [2.05, 4.69) is 26.0 Å². The summed E-state index contributed by atoms with van der Waals surface area (Å²) >= 11 is 1.71. The molecule has 0 bridgehead atoms. The molecule has 0 atom stereocenters. The lowest BCUT2D eigenvalue weighted by Gasteiger charge is -2.03. The molecule has 0 saturated carbocycles. The van der Waals surface area contributed by atoms with E-state index in [-0.39, 0.29) is 0 Å². The van der Waals surface area contributed by atoms with E-state index in [1.165, 1.54) is 10.4 Å². The minimum atomic E-state index is 0.631. The first kappa shape index (κ1) is 10.7. The van der Waals surface area contributed by atoms with Crippen LogP contribution in [0.5, 0.6) is 0 Å². The normalized spacial score (nSPS) is 10.1. The maximum absolute atomic E-state index is 9.10. The first-order valence-electron chi connectivity index (χ1n) is 4.99. The second-order valence-electron chi connectivity index (χ2n) is 3.79. The smallest absolute Gasteiger partial charge is 0.0999 e. The monoisotopic (exact) mass is 228 g/mol. The molecule has 1 aromatic heterocycles. The Morgan fingerprint density at radius 1 is 1.25 bits per heavy atom.